The van der Waals surface area contributed by atoms with Crippen molar-refractivity contribution in [1.82, 2.24) is 49.9 Å². The summed E-state index contributed by atoms with van der Waals surface area (Å²) in [7, 11) is 0. The van der Waals surface area contributed by atoms with Gasteiger partial charge in [-0.15, -0.1) is 43.1 Å². The van der Waals surface area contributed by atoms with E-state index in [9.17, 15) is 23.4 Å². The van der Waals surface area contributed by atoms with E-state index in [2.05, 4.69) is 51.2 Å². The van der Waals surface area contributed by atoms with Crippen molar-refractivity contribution in [3.63, 3.8) is 0 Å². The molecule has 306 valence electrons. The molecule has 8 rings (SSSR count). The van der Waals surface area contributed by atoms with Gasteiger partial charge in [-0.25, -0.2) is 23.1 Å². The van der Waals surface area contributed by atoms with Gasteiger partial charge in [0.15, 0.2) is 32.9 Å². The normalized spacial score (nSPS) is 13.4. The van der Waals surface area contributed by atoms with Crippen molar-refractivity contribution in [2.24, 2.45) is 0 Å². The van der Waals surface area contributed by atoms with Gasteiger partial charge in [-0.1, -0.05) is 46.9 Å². The Balaban J connectivity index is 0.000000179. The van der Waals surface area contributed by atoms with Crippen LogP contribution in [0.4, 0.5) is 35.1 Å². The first-order valence-electron chi connectivity index (χ1n) is 17.8. The second kappa shape index (κ2) is 17.0. The number of aromatic nitrogens is 10. The molecule has 0 saturated heterocycles. The minimum atomic E-state index is -1.35. The van der Waals surface area contributed by atoms with Crippen molar-refractivity contribution in [2.45, 2.75) is 65.8 Å². The molecule has 0 aliphatic rings. The average molecular weight is 879 g/mol. The number of rotatable bonds is 12. The summed E-state index contributed by atoms with van der Waals surface area (Å²) in [5.74, 6) is -0.405. The number of aliphatic hydroxyl groups is 2. The van der Waals surface area contributed by atoms with Gasteiger partial charge in [-0.05, 0) is 58.7 Å². The molecule has 0 radical (unpaired) electrons. The smallest absolute Gasteiger partial charge is 0.211 e. The second-order valence-corrected chi connectivity index (χ2v) is 17.5. The molecular weight excluding hydrogens is 842 g/mol. The van der Waals surface area contributed by atoms with E-state index in [1.54, 1.807) is 69.0 Å². The highest BCUT2D eigenvalue weighted by molar-refractivity contribution is 7.16. The molecule has 14 nitrogen and oxygen atoms in total. The maximum atomic E-state index is 14.2. The molecule has 2 unspecified atom stereocenters. The van der Waals surface area contributed by atoms with Crippen LogP contribution in [0.25, 0.3) is 0 Å². The maximum Gasteiger partial charge on any atom is 0.211 e. The average Bonchev–Trinajstić information content (AvgIpc) is 4.05. The lowest BCUT2D eigenvalue weighted by molar-refractivity contribution is 0.100. The van der Waals surface area contributed by atoms with E-state index in [0.717, 1.165) is 11.4 Å². The highest BCUT2D eigenvalue weighted by Crippen LogP contribution is 2.36. The molecule has 0 aliphatic heterocycles. The first-order chi connectivity index (χ1) is 28.1. The number of nitrogens with one attached hydrogen (secondary N) is 2. The fraction of sp³-hybridized carbons (Fsp3) is 0.263. The third-order valence-electron chi connectivity index (χ3n) is 8.81. The zero-order valence-corrected chi connectivity index (χ0v) is 35.7. The molecule has 21 heteroatoms. The van der Waals surface area contributed by atoms with Gasteiger partial charge >= 0.3 is 0 Å². The summed E-state index contributed by atoms with van der Waals surface area (Å²) < 4.78 is 45.5. The molecule has 0 aliphatic carbocycles. The van der Waals surface area contributed by atoms with Gasteiger partial charge in [0.25, 0.3) is 0 Å². The number of benzene rings is 2. The van der Waals surface area contributed by atoms with E-state index in [1.807, 2.05) is 30.7 Å². The van der Waals surface area contributed by atoms with Crippen LogP contribution in [-0.2, 0) is 24.3 Å². The number of aryl methyl sites for hydroxylation is 4. The van der Waals surface area contributed by atoms with Crippen molar-refractivity contribution in [2.75, 3.05) is 10.6 Å². The van der Waals surface area contributed by atoms with Gasteiger partial charge in [-0.2, -0.15) is 10.2 Å². The third-order valence-corrected chi connectivity index (χ3v) is 13.2. The predicted molar refractivity (Wildman–Crippen MR) is 222 cm³/mol. The summed E-state index contributed by atoms with van der Waals surface area (Å²) >= 11 is 5.14. The molecule has 8 aromatic rings. The molecule has 6 aromatic heterocycles. The third kappa shape index (κ3) is 9.40. The number of anilines is 4. The Labute approximate surface area is 352 Å². The minimum Gasteiger partial charge on any atom is -0.376 e. The lowest BCUT2D eigenvalue weighted by Gasteiger charge is -2.16. The summed E-state index contributed by atoms with van der Waals surface area (Å²) in [5.41, 5.74) is 0.533. The fourth-order valence-corrected chi connectivity index (χ4v) is 9.00. The van der Waals surface area contributed by atoms with Crippen molar-refractivity contribution in [1.29, 1.82) is 0 Å². The Bertz CT molecular complexity index is 2720. The van der Waals surface area contributed by atoms with Crippen LogP contribution in [0.2, 0.25) is 0 Å². The van der Waals surface area contributed by atoms with Gasteiger partial charge in [-0.3, -0.25) is 9.36 Å². The molecule has 6 heterocycles. The van der Waals surface area contributed by atoms with E-state index in [-0.39, 0.29) is 17.9 Å². The Hall–Kier alpha value is -5.45. The lowest BCUT2D eigenvalue weighted by atomic mass is 10.1. The van der Waals surface area contributed by atoms with Gasteiger partial charge < -0.3 is 20.8 Å². The second-order valence-electron chi connectivity index (χ2n) is 13.8. The van der Waals surface area contributed by atoms with Crippen LogP contribution in [0.3, 0.4) is 0 Å². The quantitative estimate of drug-likeness (QED) is 0.0928. The molecule has 0 spiro atoms. The van der Waals surface area contributed by atoms with Crippen molar-refractivity contribution < 1.29 is 23.4 Å². The molecule has 59 heavy (non-hydrogen) atoms. The SMILES string of the molecule is Cc1csc(C(C)(O)c2nnc(Nc3ccn(Cc4c(F)ccc(C)c4F)n3)s2)n1.Cc1csc(C(C)(O)c2nnc(Nc3ccn(Cc4cccc(C)c4F)n3)s2)n1. The topological polar surface area (TPSA) is 178 Å². The Kier molecular flexibility index (Phi) is 12.0. The zero-order valence-electron chi connectivity index (χ0n) is 32.4. The lowest BCUT2D eigenvalue weighted by Crippen LogP contribution is -2.22. The summed E-state index contributed by atoms with van der Waals surface area (Å²) in [6.45, 7) is 10.6. The Morgan fingerprint density at radius 1 is 0.627 bits per heavy atom. The van der Waals surface area contributed by atoms with E-state index in [4.69, 9.17) is 0 Å². The standard InChI is InChI=1S/C19H18F2N6OS2.C19H19FN6OS2/c1-10-4-5-13(20)12(15(10)21)8-27-7-6-14(26-27)23-18-25-24-17(30-18)19(3,28)16-22-11(2)9-29-16;1-11-5-4-6-13(15(11)20)9-26-8-7-14(25-26)22-18-24-23-17(29-18)19(3,27)16-21-12(2)10-28-16/h4-7,9,28H,8H2,1-3H3,(H,23,25,26);4-8,10,27H,9H2,1-3H3,(H,22,24,25). The van der Waals surface area contributed by atoms with Crippen LogP contribution in [-0.4, -0.2) is 60.1 Å². The number of hydrogen-bond donors (Lipinski definition) is 4. The van der Waals surface area contributed by atoms with Crippen molar-refractivity contribution >= 4 is 67.2 Å². The van der Waals surface area contributed by atoms with Crippen LogP contribution in [0.5, 0.6) is 0 Å². The van der Waals surface area contributed by atoms with Crippen LogP contribution in [0.15, 0.2) is 65.6 Å². The van der Waals surface area contributed by atoms with Crippen LogP contribution >= 0.6 is 45.3 Å². The van der Waals surface area contributed by atoms with E-state index >= 15 is 0 Å². The fourth-order valence-electron chi connectivity index (χ4n) is 5.56. The number of hydrogen-bond acceptors (Lipinski definition) is 16. The highest BCUT2D eigenvalue weighted by Gasteiger charge is 2.34. The van der Waals surface area contributed by atoms with E-state index in [1.165, 1.54) is 62.2 Å². The van der Waals surface area contributed by atoms with E-state index in [0.29, 0.717) is 65.2 Å². The molecule has 0 amide bonds. The summed E-state index contributed by atoms with van der Waals surface area (Å²) in [6.07, 6.45) is 3.38. The summed E-state index contributed by atoms with van der Waals surface area (Å²) in [6, 6.07) is 11.4. The van der Waals surface area contributed by atoms with Crippen LogP contribution in [0.1, 0.15) is 67.5 Å². The minimum absolute atomic E-state index is 0.0412. The Morgan fingerprint density at radius 3 is 1.64 bits per heavy atom. The maximum absolute atomic E-state index is 14.2. The largest absolute Gasteiger partial charge is 0.376 e. The summed E-state index contributed by atoms with van der Waals surface area (Å²) in [5, 5.41) is 59.4. The molecule has 2 aromatic carbocycles. The van der Waals surface area contributed by atoms with Gasteiger partial charge in [0.2, 0.25) is 10.3 Å². The predicted octanol–water partition coefficient (Wildman–Crippen LogP) is 8.13. The molecular formula is C38H37F3N12O2S4. The number of halogens is 3. The molecule has 0 fully saturated rings. The van der Waals surface area contributed by atoms with E-state index < -0.39 is 22.8 Å². The van der Waals surface area contributed by atoms with Gasteiger partial charge in [0.1, 0.15) is 27.5 Å². The van der Waals surface area contributed by atoms with Crippen LogP contribution < -0.4 is 10.6 Å². The zero-order chi connectivity index (χ0) is 42.1. The van der Waals surface area contributed by atoms with Crippen molar-refractivity contribution in [3.05, 3.63) is 137 Å². The Morgan fingerprint density at radius 2 is 1.14 bits per heavy atom. The monoisotopic (exact) mass is 878 g/mol. The van der Waals surface area contributed by atoms with Gasteiger partial charge in [0, 0.05) is 57.8 Å². The molecule has 0 saturated carbocycles. The molecule has 2 atom stereocenters. The van der Waals surface area contributed by atoms with Crippen LogP contribution in [0, 0.1) is 45.1 Å². The molecule has 0 bridgehead atoms. The number of thiazole rings is 2. The number of nitrogens with zero attached hydrogens (tertiary/aromatic N) is 10. The first kappa shape index (κ1) is 41.7. The van der Waals surface area contributed by atoms with Crippen molar-refractivity contribution in [3.8, 4) is 0 Å². The highest BCUT2D eigenvalue weighted by atomic mass is 32.1. The first-order valence-corrected chi connectivity index (χ1v) is 21.2. The molecule has 4 N–H and O–H groups in total. The summed E-state index contributed by atoms with van der Waals surface area (Å²) in [4.78, 5) is 8.67. The van der Waals surface area contributed by atoms with Gasteiger partial charge in [0.05, 0.1) is 13.1 Å².